The number of aliphatic hydroxyl groups is 2. The maximum Gasteiger partial charge on any atom is 0.200 e. The van der Waals surface area contributed by atoms with Crippen LogP contribution in [0, 0.1) is 0 Å². The first-order chi connectivity index (χ1) is 17.9. The molecule has 3 rings (SSSR count). The number of hydrogen-bond acceptors (Lipinski definition) is 7. The largest absolute Gasteiger partial charge is 0.502 e. The molecule has 0 spiro atoms. The molecule has 0 aromatic heterocycles. The molecule has 1 aliphatic heterocycles. The Labute approximate surface area is 226 Å². The molecule has 37 heavy (non-hydrogen) atoms. The SMILES string of the molecule is CCCCOc1cc(CCC(O)N2CCN(CC(O)c3ccc(Cl)cc3)CC2)cc(OCCCC)c1O. The number of nitrogens with zero attached hydrogens (tertiary/aromatic N) is 2. The van der Waals surface area contributed by atoms with Gasteiger partial charge in [0.15, 0.2) is 11.5 Å². The summed E-state index contributed by atoms with van der Waals surface area (Å²) in [7, 11) is 0. The standard InChI is InChI=1S/C29H43ClN2O5/c1-3-5-17-36-26-19-22(20-27(29(26)35)37-18-6-4-2)7-12-28(34)32-15-13-31(14-16-32)21-25(33)23-8-10-24(30)11-9-23/h8-11,19-20,25,28,33-35H,3-7,12-18,21H2,1-2H3. The highest BCUT2D eigenvalue weighted by atomic mass is 35.5. The molecule has 3 N–H and O–H groups in total. The molecular weight excluding hydrogens is 492 g/mol. The average Bonchev–Trinajstić information content (AvgIpc) is 2.90. The minimum Gasteiger partial charge on any atom is -0.502 e. The van der Waals surface area contributed by atoms with Gasteiger partial charge in [-0.25, -0.2) is 0 Å². The Morgan fingerprint density at radius 2 is 1.46 bits per heavy atom. The molecule has 1 aliphatic rings. The first kappa shape index (κ1) is 29.5. The van der Waals surface area contributed by atoms with Crippen molar-refractivity contribution in [3.63, 3.8) is 0 Å². The summed E-state index contributed by atoms with van der Waals surface area (Å²) >= 11 is 5.95. The molecule has 0 bridgehead atoms. The fraction of sp³-hybridized carbons (Fsp3) is 0.586. The second kappa shape index (κ2) is 15.4. The molecule has 2 atom stereocenters. The van der Waals surface area contributed by atoms with Gasteiger partial charge in [-0.3, -0.25) is 9.80 Å². The van der Waals surface area contributed by atoms with Crippen molar-refractivity contribution in [2.75, 3.05) is 45.9 Å². The smallest absolute Gasteiger partial charge is 0.200 e. The number of ether oxygens (including phenoxy) is 2. The van der Waals surface area contributed by atoms with Crippen molar-refractivity contribution < 1.29 is 24.8 Å². The Hall–Kier alpha value is -2.03. The number of unbranched alkanes of at least 4 members (excludes halogenated alkanes) is 2. The van der Waals surface area contributed by atoms with E-state index in [1.807, 2.05) is 24.3 Å². The van der Waals surface area contributed by atoms with Crippen LogP contribution < -0.4 is 9.47 Å². The van der Waals surface area contributed by atoms with Crippen LogP contribution in [0.15, 0.2) is 36.4 Å². The molecule has 0 saturated carbocycles. The minimum atomic E-state index is -0.564. The van der Waals surface area contributed by atoms with E-state index in [2.05, 4.69) is 23.6 Å². The third-order valence-corrected chi connectivity index (χ3v) is 7.07. The molecule has 2 unspecified atom stereocenters. The van der Waals surface area contributed by atoms with Gasteiger partial charge in [-0.15, -0.1) is 0 Å². The van der Waals surface area contributed by atoms with E-state index in [0.717, 1.165) is 63.0 Å². The summed E-state index contributed by atoms with van der Waals surface area (Å²) in [6, 6.07) is 11.0. The topological polar surface area (TPSA) is 85.6 Å². The van der Waals surface area contributed by atoms with Gasteiger partial charge in [0.1, 0.15) is 6.23 Å². The summed E-state index contributed by atoms with van der Waals surface area (Å²) in [4.78, 5) is 4.31. The van der Waals surface area contributed by atoms with E-state index in [9.17, 15) is 15.3 Å². The van der Waals surface area contributed by atoms with Gasteiger partial charge in [-0.2, -0.15) is 0 Å². The summed E-state index contributed by atoms with van der Waals surface area (Å²) in [5, 5.41) is 32.7. The number of phenols is 1. The molecule has 1 fully saturated rings. The number of aliphatic hydroxyl groups excluding tert-OH is 2. The fourth-order valence-electron chi connectivity index (χ4n) is 4.41. The van der Waals surface area contributed by atoms with E-state index in [0.29, 0.717) is 49.1 Å². The van der Waals surface area contributed by atoms with Crippen LogP contribution in [-0.4, -0.2) is 77.3 Å². The average molecular weight is 535 g/mol. The number of benzene rings is 2. The van der Waals surface area contributed by atoms with E-state index in [4.69, 9.17) is 21.1 Å². The first-order valence-corrected chi connectivity index (χ1v) is 14.0. The second-order valence-electron chi connectivity index (χ2n) is 9.77. The van der Waals surface area contributed by atoms with Crippen molar-refractivity contribution in [3.8, 4) is 17.2 Å². The Morgan fingerprint density at radius 3 is 2.00 bits per heavy atom. The number of aromatic hydroxyl groups is 1. The van der Waals surface area contributed by atoms with Gasteiger partial charge in [0.05, 0.1) is 19.3 Å². The van der Waals surface area contributed by atoms with Crippen LogP contribution in [0.2, 0.25) is 5.02 Å². The normalized spacial score (nSPS) is 16.5. The van der Waals surface area contributed by atoms with Gasteiger partial charge in [-0.05, 0) is 61.1 Å². The van der Waals surface area contributed by atoms with Gasteiger partial charge in [0.25, 0.3) is 0 Å². The highest BCUT2D eigenvalue weighted by molar-refractivity contribution is 6.30. The van der Waals surface area contributed by atoms with E-state index in [1.165, 1.54) is 0 Å². The number of halogens is 1. The monoisotopic (exact) mass is 534 g/mol. The number of β-amino-alcohol motifs (C(OH)–C–C–N with tert-alkyl or cyclic N) is 1. The van der Waals surface area contributed by atoms with Crippen LogP contribution in [-0.2, 0) is 6.42 Å². The van der Waals surface area contributed by atoms with Crippen molar-refractivity contribution in [1.29, 1.82) is 0 Å². The summed E-state index contributed by atoms with van der Waals surface area (Å²) < 4.78 is 11.7. The number of phenolic OH excluding ortho intramolecular Hbond substituents is 1. The summed E-state index contributed by atoms with van der Waals surface area (Å²) in [5.41, 5.74) is 1.83. The third-order valence-electron chi connectivity index (χ3n) is 6.82. The molecule has 0 radical (unpaired) electrons. The number of piperazine rings is 1. The minimum absolute atomic E-state index is 0.0495. The Kier molecular flexibility index (Phi) is 12.3. The molecule has 2 aromatic carbocycles. The van der Waals surface area contributed by atoms with E-state index >= 15 is 0 Å². The molecule has 8 heteroatoms. The van der Waals surface area contributed by atoms with E-state index in [-0.39, 0.29) is 5.75 Å². The maximum absolute atomic E-state index is 10.9. The quantitative estimate of drug-likeness (QED) is 0.277. The lowest BCUT2D eigenvalue weighted by Gasteiger charge is -2.38. The van der Waals surface area contributed by atoms with Crippen LogP contribution in [0.4, 0.5) is 0 Å². The van der Waals surface area contributed by atoms with Gasteiger partial charge in [-0.1, -0.05) is 50.4 Å². The molecule has 2 aromatic rings. The Morgan fingerprint density at radius 1 is 0.892 bits per heavy atom. The van der Waals surface area contributed by atoms with Gasteiger partial charge in [0.2, 0.25) is 5.75 Å². The van der Waals surface area contributed by atoms with Gasteiger partial charge >= 0.3 is 0 Å². The van der Waals surface area contributed by atoms with Gasteiger partial charge < -0.3 is 24.8 Å². The van der Waals surface area contributed by atoms with Gasteiger partial charge in [0, 0.05) is 37.7 Å². The van der Waals surface area contributed by atoms with Crippen molar-refractivity contribution >= 4 is 11.6 Å². The number of rotatable bonds is 15. The Bertz CT molecular complexity index is 903. The highest BCUT2D eigenvalue weighted by Crippen LogP contribution is 2.38. The van der Waals surface area contributed by atoms with Crippen LogP contribution >= 0.6 is 11.6 Å². The van der Waals surface area contributed by atoms with Crippen molar-refractivity contribution in [2.24, 2.45) is 0 Å². The lowest BCUT2D eigenvalue weighted by molar-refractivity contribution is -0.0353. The first-order valence-electron chi connectivity index (χ1n) is 13.6. The molecule has 206 valence electrons. The van der Waals surface area contributed by atoms with Crippen LogP contribution in [0.3, 0.4) is 0 Å². The van der Waals surface area contributed by atoms with Crippen LogP contribution in [0.25, 0.3) is 0 Å². The predicted molar refractivity (Wildman–Crippen MR) is 148 cm³/mol. The highest BCUT2D eigenvalue weighted by Gasteiger charge is 2.24. The summed E-state index contributed by atoms with van der Waals surface area (Å²) in [6.07, 6.45) is 3.94. The van der Waals surface area contributed by atoms with E-state index < -0.39 is 12.3 Å². The van der Waals surface area contributed by atoms with Crippen molar-refractivity contribution in [2.45, 2.75) is 64.7 Å². The maximum atomic E-state index is 10.9. The van der Waals surface area contributed by atoms with Crippen LogP contribution in [0.1, 0.15) is 63.2 Å². The lowest BCUT2D eigenvalue weighted by Crippen LogP contribution is -2.51. The van der Waals surface area contributed by atoms with Crippen molar-refractivity contribution in [3.05, 3.63) is 52.5 Å². The molecule has 0 aliphatic carbocycles. The fourth-order valence-corrected chi connectivity index (χ4v) is 4.54. The number of hydrogen-bond donors (Lipinski definition) is 3. The van der Waals surface area contributed by atoms with Crippen LogP contribution in [0.5, 0.6) is 17.2 Å². The zero-order valence-corrected chi connectivity index (χ0v) is 23.0. The predicted octanol–water partition coefficient (Wildman–Crippen LogP) is 5.01. The van der Waals surface area contributed by atoms with Crippen molar-refractivity contribution in [1.82, 2.24) is 9.80 Å². The molecule has 1 saturated heterocycles. The number of aryl methyl sites for hydroxylation is 1. The van der Waals surface area contributed by atoms with E-state index in [1.54, 1.807) is 12.1 Å². The second-order valence-corrected chi connectivity index (χ2v) is 10.2. The zero-order valence-electron chi connectivity index (χ0n) is 22.2. The molecule has 7 nitrogen and oxygen atoms in total. The summed E-state index contributed by atoms with van der Waals surface area (Å²) in [6.45, 7) is 8.88. The summed E-state index contributed by atoms with van der Waals surface area (Å²) in [5.74, 6) is 0.938. The third kappa shape index (κ3) is 9.34. The lowest BCUT2D eigenvalue weighted by atomic mass is 10.1. The molecule has 1 heterocycles. The molecule has 0 amide bonds. The Balaban J connectivity index is 1.51. The zero-order chi connectivity index (χ0) is 26.6. The molecular formula is C29H43ClN2O5.